The fourth-order valence-corrected chi connectivity index (χ4v) is 4.86. The van der Waals surface area contributed by atoms with Crippen LogP contribution >= 0.6 is 0 Å². The van der Waals surface area contributed by atoms with Crippen molar-refractivity contribution in [2.75, 3.05) is 19.8 Å². The summed E-state index contributed by atoms with van der Waals surface area (Å²) in [5, 5.41) is 96.5. The fourth-order valence-electron chi connectivity index (χ4n) is 4.86. The van der Waals surface area contributed by atoms with E-state index < -0.39 is 124 Å². The predicted molar refractivity (Wildman–Crippen MR) is 124 cm³/mol. The largest absolute Gasteiger partial charge is 0.394 e. The molecule has 11 N–H and O–H groups in total. The molecule has 2 amide bonds. The van der Waals surface area contributed by atoms with Crippen LogP contribution in [0.5, 0.6) is 0 Å². The summed E-state index contributed by atoms with van der Waals surface area (Å²) in [4.78, 5) is 23.7. The number of ether oxygens (including phenoxy) is 5. The van der Waals surface area contributed by atoms with Crippen molar-refractivity contribution >= 4 is 11.8 Å². The highest BCUT2D eigenvalue weighted by Crippen LogP contribution is 2.32. The van der Waals surface area contributed by atoms with Crippen LogP contribution in [0.2, 0.25) is 0 Å². The number of rotatable bonds is 9. The molecule has 0 aromatic carbocycles. The second-order valence-electron chi connectivity index (χ2n) is 9.81. The average Bonchev–Trinajstić information content (AvgIpc) is 2.90. The van der Waals surface area contributed by atoms with E-state index in [2.05, 4.69) is 10.6 Å². The lowest BCUT2D eigenvalue weighted by Gasteiger charge is -2.49. The van der Waals surface area contributed by atoms with Crippen molar-refractivity contribution in [2.45, 2.75) is 106 Å². The lowest BCUT2D eigenvalue weighted by atomic mass is 9.94. The maximum absolute atomic E-state index is 12.1. The Balaban J connectivity index is 1.92. The fraction of sp³-hybridized carbons (Fsp3) is 0.909. The zero-order valence-electron chi connectivity index (χ0n) is 21.7. The van der Waals surface area contributed by atoms with Gasteiger partial charge in [-0.1, -0.05) is 0 Å². The van der Waals surface area contributed by atoms with Crippen LogP contribution < -0.4 is 10.6 Å². The van der Waals surface area contributed by atoms with Crippen LogP contribution in [0.3, 0.4) is 0 Å². The van der Waals surface area contributed by atoms with E-state index in [0.29, 0.717) is 0 Å². The standard InChI is InChI=1S/C22H38N2O16/c1-6(28)23-11-15(32)18(10(5-27)36-20(11)35)39-21-12(24-7(2)29)19(14(31)9(4-26)37-21)40-22-17(34)16(33)13(30)8(3-25)38-22/h8-22,25-27,30-35H,3-5H2,1-2H3,(H,23,28)(H,24,29)/t8-,9-,10-,11-,12-,13-,14-,15-,16+,17+,18-,19-,20-,21+,22+/m1/s1. The van der Waals surface area contributed by atoms with E-state index in [1.807, 2.05) is 0 Å². The summed E-state index contributed by atoms with van der Waals surface area (Å²) >= 11 is 0. The van der Waals surface area contributed by atoms with Gasteiger partial charge < -0.3 is 80.3 Å². The second-order valence-corrected chi connectivity index (χ2v) is 9.81. The molecule has 232 valence electrons. The Bertz CT molecular complexity index is 852. The van der Waals surface area contributed by atoms with Crippen molar-refractivity contribution in [3.05, 3.63) is 0 Å². The summed E-state index contributed by atoms with van der Waals surface area (Å²) in [6, 6.07) is -2.88. The van der Waals surface area contributed by atoms with Gasteiger partial charge >= 0.3 is 0 Å². The topological polar surface area (TPSA) is 286 Å². The van der Waals surface area contributed by atoms with E-state index in [4.69, 9.17) is 23.7 Å². The maximum Gasteiger partial charge on any atom is 0.217 e. The first-order valence-corrected chi connectivity index (χ1v) is 12.6. The smallest absolute Gasteiger partial charge is 0.217 e. The van der Waals surface area contributed by atoms with Gasteiger partial charge in [0.15, 0.2) is 18.9 Å². The van der Waals surface area contributed by atoms with E-state index in [9.17, 15) is 55.5 Å². The Morgan fingerprint density at radius 2 is 1.10 bits per heavy atom. The number of aliphatic hydroxyl groups is 9. The number of carbonyl (C=O) groups excluding carboxylic acids is 2. The van der Waals surface area contributed by atoms with Crippen LogP contribution in [0.25, 0.3) is 0 Å². The molecule has 3 aliphatic rings. The van der Waals surface area contributed by atoms with E-state index in [-0.39, 0.29) is 0 Å². The zero-order valence-corrected chi connectivity index (χ0v) is 21.7. The normalized spacial score (nSPS) is 46.0. The molecule has 40 heavy (non-hydrogen) atoms. The number of hydrogen-bond donors (Lipinski definition) is 11. The van der Waals surface area contributed by atoms with Crippen LogP contribution in [-0.4, -0.2) is 170 Å². The molecule has 0 aromatic heterocycles. The highest BCUT2D eigenvalue weighted by Gasteiger charge is 2.54. The quantitative estimate of drug-likeness (QED) is 0.120. The molecular formula is C22H38N2O16. The summed E-state index contributed by atoms with van der Waals surface area (Å²) in [7, 11) is 0. The van der Waals surface area contributed by atoms with E-state index in [1.54, 1.807) is 0 Å². The van der Waals surface area contributed by atoms with Gasteiger partial charge in [0, 0.05) is 13.8 Å². The van der Waals surface area contributed by atoms with Crippen LogP contribution in [0, 0.1) is 0 Å². The summed E-state index contributed by atoms with van der Waals surface area (Å²) < 4.78 is 27.8. The third-order valence-electron chi connectivity index (χ3n) is 6.90. The molecule has 3 aliphatic heterocycles. The van der Waals surface area contributed by atoms with E-state index in [1.165, 1.54) is 0 Å². The number of hydrogen-bond acceptors (Lipinski definition) is 16. The molecule has 0 unspecified atom stereocenters. The zero-order chi connectivity index (χ0) is 29.9. The molecule has 3 heterocycles. The van der Waals surface area contributed by atoms with Gasteiger partial charge in [-0.2, -0.15) is 0 Å². The molecule has 18 nitrogen and oxygen atoms in total. The highest BCUT2D eigenvalue weighted by atomic mass is 16.7. The minimum Gasteiger partial charge on any atom is -0.394 e. The van der Waals surface area contributed by atoms with Gasteiger partial charge in [0.1, 0.15) is 73.1 Å². The molecule has 0 radical (unpaired) electrons. The summed E-state index contributed by atoms with van der Waals surface area (Å²) in [5.41, 5.74) is 0. The monoisotopic (exact) mass is 586 g/mol. The number of nitrogens with one attached hydrogen (secondary N) is 2. The summed E-state index contributed by atoms with van der Waals surface area (Å²) in [6.07, 6.45) is -21.3. The van der Waals surface area contributed by atoms with E-state index >= 15 is 0 Å². The lowest BCUT2D eigenvalue weighted by Crippen LogP contribution is -2.70. The third-order valence-corrected chi connectivity index (χ3v) is 6.90. The Morgan fingerprint density at radius 1 is 0.600 bits per heavy atom. The molecule has 0 aliphatic carbocycles. The summed E-state index contributed by atoms with van der Waals surface area (Å²) in [5.74, 6) is -1.32. The van der Waals surface area contributed by atoms with Crippen molar-refractivity contribution in [1.29, 1.82) is 0 Å². The molecule has 0 saturated carbocycles. The first-order chi connectivity index (χ1) is 18.8. The molecule has 3 saturated heterocycles. The van der Waals surface area contributed by atoms with Gasteiger partial charge in [-0.25, -0.2) is 0 Å². The Kier molecular flexibility index (Phi) is 11.5. The Morgan fingerprint density at radius 3 is 1.65 bits per heavy atom. The molecule has 3 fully saturated rings. The molecule has 18 heteroatoms. The minimum absolute atomic E-state index is 0.630. The van der Waals surface area contributed by atoms with Crippen LogP contribution in [0.1, 0.15) is 13.8 Å². The van der Waals surface area contributed by atoms with E-state index in [0.717, 1.165) is 13.8 Å². The van der Waals surface area contributed by atoms with Crippen LogP contribution in [0.4, 0.5) is 0 Å². The van der Waals surface area contributed by atoms with Gasteiger partial charge in [-0.05, 0) is 0 Å². The van der Waals surface area contributed by atoms with Crippen molar-refractivity contribution in [2.24, 2.45) is 0 Å². The minimum atomic E-state index is -1.88. The van der Waals surface area contributed by atoms with Crippen LogP contribution in [0.15, 0.2) is 0 Å². The number of carbonyl (C=O) groups is 2. The highest BCUT2D eigenvalue weighted by molar-refractivity contribution is 5.73. The molecular weight excluding hydrogens is 548 g/mol. The second kappa shape index (κ2) is 14.0. The Labute approximate surface area is 228 Å². The first kappa shape index (κ1) is 32.9. The van der Waals surface area contributed by atoms with Crippen molar-refractivity contribution < 1.29 is 79.2 Å². The molecule has 3 rings (SSSR count). The SMILES string of the molecule is CC(=O)N[C@@H]1[C@@H](O)[C@H](O[C@@H]2O[C@H](CO)[C@@H](O)[C@H](O[C@@H]3O[C@H](CO)[C@@H](O)[C@H](O)[C@@H]3O)[C@H]2NC(C)=O)[C@@H](CO)O[C@H]1O. The van der Waals surface area contributed by atoms with Gasteiger partial charge in [0.25, 0.3) is 0 Å². The lowest BCUT2D eigenvalue weighted by molar-refractivity contribution is -0.358. The van der Waals surface area contributed by atoms with Gasteiger partial charge in [-0.15, -0.1) is 0 Å². The van der Waals surface area contributed by atoms with Crippen molar-refractivity contribution in [3.8, 4) is 0 Å². The van der Waals surface area contributed by atoms with Gasteiger partial charge in [0.05, 0.1) is 19.8 Å². The molecule has 15 atom stereocenters. The Hall–Kier alpha value is -1.62. The predicted octanol–water partition coefficient (Wildman–Crippen LogP) is -7.29. The molecule has 0 bridgehead atoms. The number of aliphatic hydroxyl groups excluding tert-OH is 9. The average molecular weight is 587 g/mol. The van der Waals surface area contributed by atoms with Crippen molar-refractivity contribution in [1.82, 2.24) is 10.6 Å². The van der Waals surface area contributed by atoms with Gasteiger partial charge in [-0.3, -0.25) is 9.59 Å². The summed E-state index contributed by atoms with van der Waals surface area (Å²) in [6.45, 7) is -0.142. The number of amides is 2. The molecule has 0 aromatic rings. The maximum atomic E-state index is 12.1. The van der Waals surface area contributed by atoms with Gasteiger partial charge in [0.2, 0.25) is 11.8 Å². The van der Waals surface area contributed by atoms with Crippen molar-refractivity contribution in [3.63, 3.8) is 0 Å². The first-order valence-electron chi connectivity index (χ1n) is 12.6. The van der Waals surface area contributed by atoms with Crippen LogP contribution in [-0.2, 0) is 33.3 Å². The third kappa shape index (κ3) is 7.05. The molecule has 0 spiro atoms.